The maximum absolute atomic E-state index is 12.1. The molecule has 200 valence electrons. The number of nitrogen functional groups attached to an aromatic ring is 2. The van der Waals surface area contributed by atoms with Crippen molar-refractivity contribution in [2.24, 2.45) is 0 Å². The number of hydrogen-bond donors (Lipinski definition) is 2. The van der Waals surface area contributed by atoms with E-state index in [0.717, 1.165) is 11.1 Å². The number of rotatable bonds is 2. The van der Waals surface area contributed by atoms with Crippen LogP contribution in [-0.4, -0.2) is 0 Å². The zero-order chi connectivity index (χ0) is 25.1. The van der Waals surface area contributed by atoms with Crippen molar-refractivity contribution in [3.05, 3.63) is 130 Å². The summed E-state index contributed by atoms with van der Waals surface area (Å²) in [5.74, 6) is 0.860. The third-order valence-electron chi connectivity index (χ3n) is 5.74. The molecule has 4 aromatic carbocycles. The minimum Gasteiger partial charge on any atom is -1.00 e. The van der Waals surface area contributed by atoms with E-state index in [1.807, 2.05) is 72.8 Å². The second-order valence-electron chi connectivity index (χ2n) is 8.07. The van der Waals surface area contributed by atoms with E-state index in [-0.39, 0.29) is 68.1 Å². The molecular formula is C30H22Cl2N2O4Pt. The molecule has 0 fully saturated rings. The minimum absolute atomic E-state index is 0. The van der Waals surface area contributed by atoms with E-state index in [1.54, 1.807) is 36.4 Å². The molecule has 0 amide bonds. The average molecular weight is 741 g/mol. The van der Waals surface area contributed by atoms with Gasteiger partial charge in [-0.25, -0.2) is 0 Å². The van der Waals surface area contributed by atoms with Crippen molar-refractivity contribution in [1.29, 1.82) is 0 Å². The smallest absolute Gasteiger partial charge is 1.00 e. The summed E-state index contributed by atoms with van der Waals surface area (Å²) in [7, 11) is 0. The molecule has 2 heterocycles. The second-order valence-corrected chi connectivity index (χ2v) is 8.07. The van der Waals surface area contributed by atoms with Crippen molar-refractivity contribution in [2.45, 2.75) is 0 Å². The van der Waals surface area contributed by atoms with Crippen molar-refractivity contribution >= 4 is 33.3 Å². The Labute approximate surface area is 250 Å². The fourth-order valence-corrected chi connectivity index (χ4v) is 3.92. The number of benzene rings is 4. The van der Waals surface area contributed by atoms with Gasteiger partial charge in [0.2, 0.25) is 10.9 Å². The maximum atomic E-state index is 12.1. The van der Waals surface area contributed by atoms with E-state index >= 15 is 0 Å². The monoisotopic (exact) mass is 739 g/mol. The summed E-state index contributed by atoms with van der Waals surface area (Å²) in [6, 6.07) is 33.0. The van der Waals surface area contributed by atoms with Gasteiger partial charge in [-0.05, 0) is 24.3 Å². The number of nitrogens with two attached hydrogens (primary N) is 2. The SMILES string of the molecule is Nc1c(-c2ccccc2)oc2ccccc2c1=O.Nc1c(-c2ccccc2)oc2ccccc2c1=O.[Cl-].[Cl-].[Pt+2]. The molecule has 9 heteroatoms. The van der Waals surface area contributed by atoms with E-state index in [1.165, 1.54) is 0 Å². The van der Waals surface area contributed by atoms with E-state index in [9.17, 15) is 9.59 Å². The fraction of sp³-hybridized carbons (Fsp3) is 0. The molecule has 0 saturated heterocycles. The van der Waals surface area contributed by atoms with Crippen LogP contribution in [0.1, 0.15) is 0 Å². The largest absolute Gasteiger partial charge is 2.00 e. The zero-order valence-corrected chi connectivity index (χ0v) is 24.0. The van der Waals surface area contributed by atoms with Gasteiger partial charge in [-0.2, -0.15) is 0 Å². The third-order valence-corrected chi connectivity index (χ3v) is 5.74. The summed E-state index contributed by atoms with van der Waals surface area (Å²) >= 11 is 0. The Morgan fingerprint density at radius 3 is 1.13 bits per heavy atom. The molecule has 6 aromatic rings. The summed E-state index contributed by atoms with van der Waals surface area (Å²) in [6.45, 7) is 0. The Morgan fingerprint density at radius 2 is 0.769 bits per heavy atom. The van der Waals surface area contributed by atoms with E-state index in [4.69, 9.17) is 20.3 Å². The van der Waals surface area contributed by atoms with Crippen LogP contribution in [0, 0.1) is 0 Å². The third kappa shape index (κ3) is 6.43. The Morgan fingerprint density at radius 1 is 0.462 bits per heavy atom. The van der Waals surface area contributed by atoms with Crippen molar-refractivity contribution in [2.75, 3.05) is 11.5 Å². The van der Waals surface area contributed by atoms with Gasteiger partial charge in [0.05, 0.1) is 10.8 Å². The molecule has 39 heavy (non-hydrogen) atoms. The van der Waals surface area contributed by atoms with Gasteiger partial charge in [-0.1, -0.05) is 84.9 Å². The fourth-order valence-electron chi connectivity index (χ4n) is 3.92. The molecule has 0 saturated carbocycles. The Bertz CT molecular complexity index is 1670. The first-order chi connectivity index (χ1) is 17.5. The molecule has 4 N–H and O–H groups in total. The van der Waals surface area contributed by atoms with Crippen LogP contribution in [0.3, 0.4) is 0 Å². The molecule has 0 bridgehead atoms. The van der Waals surface area contributed by atoms with Gasteiger partial charge in [0.1, 0.15) is 22.5 Å². The minimum atomic E-state index is -0.185. The molecule has 0 unspecified atom stereocenters. The van der Waals surface area contributed by atoms with Gasteiger partial charge in [-0.3, -0.25) is 9.59 Å². The van der Waals surface area contributed by atoms with Crippen molar-refractivity contribution < 1.29 is 54.7 Å². The van der Waals surface area contributed by atoms with Crippen LogP contribution >= 0.6 is 0 Å². The molecular weight excluding hydrogens is 718 g/mol. The van der Waals surface area contributed by atoms with Gasteiger partial charge < -0.3 is 45.1 Å². The van der Waals surface area contributed by atoms with Crippen LogP contribution in [0.25, 0.3) is 44.6 Å². The predicted molar refractivity (Wildman–Crippen MR) is 145 cm³/mol. The summed E-state index contributed by atoms with van der Waals surface area (Å²) in [4.78, 5) is 24.3. The van der Waals surface area contributed by atoms with Crippen LogP contribution in [-0.2, 0) is 21.1 Å². The number of hydrogen-bond acceptors (Lipinski definition) is 6. The van der Waals surface area contributed by atoms with Crippen LogP contribution < -0.4 is 47.1 Å². The predicted octanol–water partition coefficient (Wildman–Crippen LogP) is 0.0899. The van der Waals surface area contributed by atoms with E-state index < -0.39 is 0 Å². The molecule has 6 rings (SSSR count). The van der Waals surface area contributed by atoms with Crippen LogP contribution in [0.5, 0.6) is 0 Å². The number of anilines is 2. The molecule has 0 radical (unpaired) electrons. The van der Waals surface area contributed by atoms with Gasteiger partial charge in [0, 0.05) is 11.1 Å². The second kappa shape index (κ2) is 13.8. The van der Waals surface area contributed by atoms with Crippen LogP contribution in [0.4, 0.5) is 11.4 Å². The van der Waals surface area contributed by atoms with Crippen molar-refractivity contribution in [3.63, 3.8) is 0 Å². The number of halogens is 2. The Balaban J connectivity index is 0.000000254. The molecule has 2 aromatic heterocycles. The van der Waals surface area contributed by atoms with Crippen LogP contribution in [0.15, 0.2) is 128 Å². The summed E-state index contributed by atoms with van der Waals surface area (Å²) in [6.07, 6.45) is 0. The molecule has 0 spiro atoms. The molecule has 0 aliphatic heterocycles. The average Bonchev–Trinajstić information content (AvgIpc) is 2.94. The first-order valence-electron chi connectivity index (χ1n) is 11.3. The van der Waals surface area contributed by atoms with Gasteiger partial charge in [0.25, 0.3) is 0 Å². The summed E-state index contributed by atoms with van der Waals surface area (Å²) < 4.78 is 11.5. The van der Waals surface area contributed by atoms with E-state index in [2.05, 4.69) is 0 Å². The van der Waals surface area contributed by atoms with E-state index in [0.29, 0.717) is 33.5 Å². The molecule has 0 atom stereocenters. The first-order valence-corrected chi connectivity index (χ1v) is 11.3. The van der Waals surface area contributed by atoms with Crippen molar-refractivity contribution in [3.8, 4) is 22.6 Å². The summed E-state index contributed by atoms with van der Waals surface area (Å²) in [5, 5.41) is 1.02. The molecule has 0 aliphatic rings. The standard InChI is InChI=1S/2C15H11NO2.2ClH.Pt/c2*16-13-14(17)11-8-4-5-9-12(11)18-15(13)10-6-2-1-3-7-10;;;/h2*1-9H,16H2;2*1H;/q;;;;+2/p-2. The quantitative estimate of drug-likeness (QED) is 0.261. The maximum Gasteiger partial charge on any atom is 2.00 e. The summed E-state index contributed by atoms with van der Waals surface area (Å²) in [5.41, 5.74) is 14.4. The first kappa shape index (κ1) is 31.4. The van der Waals surface area contributed by atoms with Crippen LogP contribution in [0.2, 0.25) is 0 Å². The number of para-hydroxylation sites is 2. The Hall–Kier alpha value is -3.83. The van der Waals surface area contributed by atoms with Gasteiger partial charge >= 0.3 is 21.1 Å². The zero-order valence-electron chi connectivity index (χ0n) is 20.3. The van der Waals surface area contributed by atoms with Gasteiger partial charge in [0.15, 0.2) is 11.5 Å². The molecule has 0 aliphatic carbocycles. The normalized spacial score (nSPS) is 9.85. The van der Waals surface area contributed by atoms with Gasteiger partial charge in [-0.15, -0.1) is 0 Å². The number of fused-ring (bicyclic) bond motifs is 2. The van der Waals surface area contributed by atoms with Crippen molar-refractivity contribution in [1.82, 2.24) is 0 Å². The Kier molecular flexibility index (Phi) is 11.1. The topological polar surface area (TPSA) is 112 Å². The molecule has 6 nitrogen and oxygen atoms in total.